The molecular weight excluding hydrogens is 552 g/mol. The molecule has 0 aromatic carbocycles. The van der Waals surface area contributed by atoms with E-state index in [1.54, 1.807) is 0 Å². The molecular formula is C34H62O9. The van der Waals surface area contributed by atoms with Crippen molar-refractivity contribution in [3.05, 3.63) is 0 Å². The summed E-state index contributed by atoms with van der Waals surface area (Å²) >= 11 is 0. The van der Waals surface area contributed by atoms with E-state index in [0.717, 1.165) is 38.5 Å². The van der Waals surface area contributed by atoms with Gasteiger partial charge in [0, 0.05) is 75.1 Å². The van der Waals surface area contributed by atoms with Crippen molar-refractivity contribution in [2.75, 3.05) is 39.6 Å². The third-order valence-electron chi connectivity index (χ3n) is 13.8. The fourth-order valence-corrected chi connectivity index (χ4v) is 10.7. The molecule has 0 spiro atoms. The van der Waals surface area contributed by atoms with Crippen LogP contribution in [0.15, 0.2) is 0 Å². The zero-order valence-corrected chi connectivity index (χ0v) is 26.5. The van der Waals surface area contributed by atoms with Gasteiger partial charge in [-0.1, -0.05) is 13.8 Å². The molecule has 9 N–H and O–H groups in total. The summed E-state index contributed by atoms with van der Waals surface area (Å²) in [7, 11) is 0. The van der Waals surface area contributed by atoms with E-state index in [0.29, 0.717) is 49.4 Å². The smallest absolute Gasteiger partial charge is 0.0640 e. The van der Waals surface area contributed by atoms with E-state index in [1.807, 2.05) is 0 Å². The topological polar surface area (TPSA) is 182 Å². The van der Waals surface area contributed by atoms with E-state index in [-0.39, 0.29) is 92.4 Å². The lowest BCUT2D eigenvalue weighted by molar-refractivity contribution is -0.134. The Kier molecular flexibility index (Phi) is 12.8. The van der Waals surface area contributed by atoms with E-state index in [2.05, 4.69) is 13.8 Å². The van der Waals surface area contributed by atoms with Gasteiger partial charge in [0.25, 0.3) is 0 Å². The summed E-state index contributed by atoms with van der Waals surface area (Å²) in [6.07, 6.45) is 6.24. The number of rotatable bonds is 11. The number of hydrogen-bond acceptors (Lipinski definition) is 9. The fourth-order valence-electron chi connectivity index (χ4n) is 10.7. The van der Waals surface area contributed by atoms with Gasteiger partial charge in [0.2, 0.25) is 0 Å². The standard InChI is InChI=1S/C34H62O9/c1-19(21-7-22(13-35)31(41)23(8-21)14-36)20-3-5-28(6-4-20)34(2,29-9-24(15-37)32(42)25(10-29)16-38)30-11-26(17-39)33(43)27(12-30)18-40/h19-33,35-43H,3-18H2,1-2H3. The molecule has 0 aromatic rings. The molecule has 0 aliphatic heterocycles. The van der Waals surface area contributed by atoms with Crippen molar-refractivity contribution in [1.82, 2.24) is 0 Å². The van der Waals surface area contributed by atoms with Gasteiger partial charge < -0.3 is 46.0 Å². The number of hydrogen-bond donors (Lipinski definition) is 9. The van der Waals surface area contributed by atoms with E-state index in [9.17, 15) is 46.0 Å². The second-order valence-electron chi connectivity index (χ2n) is 15.5. The second kappa shape index (κ2) is 15.5. The summed E-state index contributed by atoms with van der Waals surface area (Å²) in [6, 6.07) is 0. The van der Waals surface area contributed by atoms with Crippen molar-refractivity contribution in [2.24, 2.45) is 76.4 Å². The molecule has 7 unspecified atom stereocenters. The van der Waals surface area contributed by atoms with Crippen LogP contribution in [0.2, 0.25) is 0 Å². The summed E-state index contributed by atoms with van der Waals surface area (Å²) in [5.74, 6) is 0.322. The minimum absolute atomic E-state index is 0.0640. The van der Waals surface area contributed by atoms with E-state index in [1.165, 1.54) is 0 Å². The fraction of sp³-hybridized carbons (Fsp3) is 1.00. The van der Waals surface area contributed by atoms with Crippen LogP contribution in [0.5, 0.6) is 0 Å². The number of aliphatic hydroxyl groups excluding tert-OH is 9. The molecule has 4 aliphatic carbocycles. The van der Waals surface area contributed by atoms with Crippen molar-refractivity contribution >= 4 is 0 Å². The number of aliphatic hydroxyl groups is 9. The van der Waals surface area contributed by atoms with Crippen molar-refractivity contribution in [3.8, 4) is 0 Å². The van der Waals surface area contributed by atoms with E-state index >= 15 is 0 Å². The molecule has 4 fully saturated rings. The van der Waals surface area contributed by atoms with Crippen LogP contribution in [-0.2, 0) is 0 Å². The Hall–Kier alpha value is -0.360. The molecule has 0 radical (unpaired) electrons. The average Bonchev–Trinajstić information content (AvgIpc) is 3.04. The Bertz CT molecular complexity index is 759. The van der Waals surface area contributed by atoms with Gasteiger partial charge in [-0.25, -0.2) is 0 Å². The SMILES string of the molecule is CC(C1CCC(C(C)(C2CC(CO)C(O)C(CO)C2)C2CC(CO)C(O)C(CO)C2)CC1)C1CC(CO)C(O)C(CO)C1. The predicted molar refractivity (Wildman–Crippen MR) is 162 cm³/mol. The minimum atomic E-state index is -0.741. The Morgan fingerprint density at radius 1 is 0.465 bits per heavy atom. The highest BCUT2D eigenvalue weighted by Gasteiger charge is 2.54. The van der Waals surface area contributed by atoms with Crippen LogP contribution in [0.3, 0.4) is 0 Å². The van der Waals surface area contributed by atoms with Gasteiger partial charge in [0.05, 0.1) is 18.3 Å². The van der Waals surface area contributed by atoms with Crippen LogP contribution in [-0.4, -0.2) is 104 Å². The highest BCUT2D eigenvalue weighted by atomic mass is 16.3. The Balaban J connectivity index is 1.56. The van der Waals surface area contributed by atoms with Crippen LogP contribution < -0.4 is 0 Å². The van der Waals surface area contributed by atoms with Crippen molar-refractivity contribution < 1.29 is 46.0 Å². The summed E-state index contributed by atoms with van der Waals surface area (Å²) in [4.78, 5) is 0. The minimum Gasteiger partial charge on any atom is -0.396 e. The molecule has 0 saturated heterocycles. The van der Waals surface area contributed by atoms with Gasteiger partial charge in [0.15, 0.2) is 0 Å². The molecule has 7 atom stereocenters. The first-order valence-electron chi connectivity index (χ1n) is 17.3. The van der Waals surface area contributed by atoms with Crippen LogP contribution in [0, 0.1) is 76.4 Å². The van der Waals surface area contributed by atoms with Crippen molar-refractivity contribution in [3.63, 3.8) is 0 Å². The lowest BCUT2D eigenvalue weighted by Gasteiger charge is -2.57. The molecule has 0 heterocycles. The zero-order chi connectivity index (χ0) is 31.5. The molecule has 4 saturated carbocycles. The first-order chi connectivity index (χ1) is 20.6. The van der Waals surface area contributed by atoms with Crippen molar-refractivity contribution in [2.45, 2.75) is 96.4 Å². The van der Waals surface area contributed by atoms with Crippen LogP contribution in [0.25, 0.3) is 0 Å². The molecule has 9 nitrogen and oxygen atoms in total. The molecule has 0 amide bonds. The molecule has 0 bridgehead atoms. The lowest BCUT2D eigenvalue weighted by atomic mass is 9.48. The molecule has 43 heavy (non-hydrogen) atoms. The van der Waals surface area contributed by atoms with Gasteiger partial charge in [-0.2, -0.15) is 0 Å². The van der Waals surface area contributed by atoms with Crippen molar-refractivity contribution in [1.29, 1.82) is 0 Å². The normalized spacial score (nSPS) is 46.7. The highest BCUT2D eigenvalue weighted by Crippen LogP contribution is 2.59. The van der Waals surface area contributed by atoms with Gasteiger partial charge in [-0.05, 0) is 105 Å². The molecule has 252 valence electrons. The quantitative estimate of drug-likeness (QED) is 0.166. The van der Waals surface area contributed by atoms with Gasteiger partial charge in [-0.15, -0.1) is 0 Å². The lowest BCUT2D eigenvalue weighted by Crippen LogP contribution is -2.54. The largest absolute Gasteiger partial charge is 0.396 e. The van der Waals surface area contributed by atoms with E-state index < -0.39 is 18.3 Å². The van der Waals surface area contributed by atoms with Gasteiger partial charge >= 0.3 is 0 Å². The van der Waals surface area contributed by atoms with Gasteiger partial charge in [0.1, 0.15) is 0 Å². The molecule has 4 rings (SSSR count). The van der Waals surface area contributed by atoms with Crippen LogP contribution in [0.1, 0.15) is 78.1 Å². The maximum absolute atomic E-state index is 10.9. The third-order valence-corrected chi connectivity index (χ3v) is 13.8. The Labute approximate surface area is 258 Å². The molecule has 4 aliphatic rings. The predicted octanol–water partition coefficient (Wildman–Crippen LogP) is 1.40. The average molecular weight is 615 g/mol. The molecule has 0 aromatic heterocycles. The second-order valence-corrected chi connectivity index (χ2v) is 15.5. The Morgan fingerprint density at radius 3 is 1.07 bits per heavy atom. The summed E-state index contributed by atoms with van der Waals surface area (Å²) < 4.78 is 0. The molecule has 9 heteroatoms. The highest BCUT2D eigenvalue weighted by molar-refractivity contribution is 5.03. The maximum atomic E-state index is 10.9. The van der Waals surface area contributed by atoms with Crippen LogP contribution in [0.4, 0.5) is 0 Å². The monoisotopic (exact) mass is 614 g/mol. The Morgan fingerprint density at radius 2 is 0.767 bits per heavy atom. The summed E-state index contributed by atoms with van der Waals surface area (Å²) in [5, 5.41) is 92.9. The first kappa shape index (κ1) is 35.5. The van der Waals surface area contributed by atoms with Gasteiger partial charge in [-0.3, -0.25) is 0 Å². The first-order valence-corrected chi connectivity index (χ1v) is 17.3. The maximum Gasteiger partial charge on any atom is 0.0640 e. The van der Waals surface area contributed by atoms with E-state index in [4.69, 9.17) is 0 Å². The third kappa shape index (κ3) is 7.15. The summed E-state index contributed by atoms with van der Waals surface area (Å²) in [6.45, 7) is 4.00. The van der Waals surface area contributed by atoms with Crippen LogP contribution >= 0.6 is 0 Å². The summed E-state index contributed by atoms with van der Waals surface area (Å²) in [5.41, 5.74) is -0.213. The zero-order valence-electron chi connectivity index (χ0n) is 26.5.